The lowest BCUT2D eigenvalue weighted by molar-refractivity contribution is -0.137. The molecular weight excluding hydrogens is 384 g/mol. The van der Waals surface area contributed by atoms with E-state index in [0.29, 0.717) is 5.56 Å². The van der Waals surface area contributed by atoms with Gasteiger partial charge in [0.2, 0.25) is 0 Å². The van der Waals surface area contributed by atoms with E-state index >= 15 is 0 Å². The number of sulfone groups is 2. The molecule has 0 aliphatic carbocycles. The SMILES string of the molecule is O=C(O)CCC1(CCC(=O)O)S(=O)(=O)CC(c2ccccc2)CS1(=O)=O. The number of aliphatic carboxylic acids is 2. The van der Waals surface area contributed by atoms with Crippen LogP contribution in [0.4, 0.5) is 0 Å². The molecule has 0 bridgehead atoms. The van der Waals surface area contributed by atoms with Gasteiger partial charge in [0, 0.05) is 18.8 Å². The molecule has 0 atom stereocenters. The van der Waals surface area contributed by atoms with Gasteiger partial charge in [-0.1, -0.05) is 30.3 Å². The van der Waals surface area contributed by atoms with Crippen molar-refractivity contribution >= 4 is 31.6 Å². The molecule has 2 N–H and O–H groups in total. The molecule has 1 fully saturated rings. The number of carbonyl (C=O) groups is 2. The first-order chi connectivity index (χ1) is 12.0. The third kappa shape index (κ3) is 3.90. The third-order valence-electron chi connectivity index (χ3n) is 4.69. The molecule has 1 aromatic carbocycles. The molecule has 144 valence electrons. The van der Waals surface area contributed by atoms with Gasteiger partial charge >= 0.3 is 11.9 Å². The van der Waals surface area contributed by atoms with Gasteiger partial charge in [-0.05, 0) is 18.4 Å². The summed E-state index contributed by atoms with van der Waals surface area (Å²) < 4.78 is 49.5. The number of rotatable bonds is 7. The minimum absolute atomic E-state index is 0.463. The van der Waals surface area contributed by atoms with Gasteiger partial charge in [0.05, 0.1) is 11.5 Å². The molecule has 1 heterocycles. The van der Waals surface area contributed by atoms with Crippen molar-refractivity contribution in [2.45, 2.75) is 35.7 Å². The standard InChI is InChI=1S/C16H20O8S2/c17-14(18)6-8-16(9-7-15(19)20)25(21,22)10-13(11-26(16,23)24)12-4-2-1-3-5-12/h1-5,13H,6-11H2,(H,17,18)(H,19,20). The zero-order valence-corrected chi connectivity index (χ0v) is 15.5. The van der Waals surface area contributed by atoms with E-state index in [2.05, 4.69) is 0 Å². The fourth-order valence-corrected chi connectivity index (χ4v) is 9.38. The van der Waals surface area contributed by atoms with Gasteiger partial charge < -0.3 is 10.2 Å². The highest BCUT2D eigenvalue weighted by Crippen LogP contribution is 2.43. The number of benzene rings is 1. The van der Waals surface area contributed by atoms with Gasteiger partial charge in [-0.3, -0.25) is 9.59 Å². The largest absolute Gasteiger partial charge is 0.481 e. The molecule has 0 amide bonds. The lowest BCUT2D eigenvalue weighted by atomic mass is 10.0. The van der Waals surface area contributed by atoms with Crippen molar-refractivity contribution in [1.29, 1.82) is 0 Å². The van der Waals surface area contributed by atoms with E-state index in [4.69, 9.17) is 10.2 Å². The van der Waals surface area contributed by atoms with Crippen LogP contribution in [0, 0.1) is 0 Å². The molecular formula is C16H20O8S2. The van der Waals surface area contributed by atoms with E-state index < -0.39 is 78.8 Å². The minimum Gasteiger partial charge on any atom is -0.481 e. The highest BCUT2D eigenvalue weighted by molar-refractivity contribution is 8.11. The first kappa shape index (κ1) is 20.4. The van der Waals surface area contributed by atoms with Crippen LogP contribution in [-0.2, 0) is 29.3 Å². The Morgan fingerprint density at radius 2 is 1.31 bits per heavy atom. The van der Waals surface area contributed by atoms with Crippen LogP contribution in [0.1, 0.15) is 37.2 Å². The van der Waals surface area contributed by atoms with Crippen LogP contribution < -0.4 is 0 Å². The highest BCUT2D eigenvalue weighted by atomic mass is 32.3. The summed E-state index contributed by atoms with van der Waals surface area (Å²) in [6.07, 6.45) is -2.65. The fourth-order valence-electron chi connectivity index (χ4n) is 3.33. The van der Waals surface area contributed by atoms with Gasteiger partial charge in [0.1, 0.15) is 0 Å². The Bertz CT molecular complexity index is 831. The molecule has 0 saturated carbocycles. The Kier molecular flexibility index (Phi) is 5.76. The molecule has 1 aliphatic rings. The van der Waals surface area contributed by atoms with Crippen molar-refractivity contribution in [2.24, 2.45) is 0 Å². The summed E-state index contributed by atoms with van der Waals surface area (Å²) in [6.45, 7) is 0. The second-order valence-electron chi connectivity index (χ2n) is 6.37. The third-order valence-corrected chi connectivity index (χ3v) is 11.0. The Labute approximate surface area is 151 Å². The van der Waals surface area contributed by atoms with Crippen molar-refractivity contribution in [3.8, 4) is 0 Å². The van der Waals surface area contributed by atoms with Crippen LogP contribution >= 0.6 is 0 Å². The molecule has 0 radical (unpaired) electrons. The molecule has 26 heavy (non-hydrogen) atoms. The minimum atomic E-state index is -4.30. The molecule has 10 heteroatoms. The zero-order valence-electron chi connectivity index (χ0n) is 13.9. The van der Waals surface area contributed by atoms with Crippen molar-refractivity contribution in [3.63, 3.8) is 0 Å². The summed E-state index contributed by atoms with van der Waals surface area (Å²) in [5.41, 5.74) is 0.560. The lowest BCUT2D eigenvalue weighted by Crippen LogP contribution is -2.54. The summed E-state index contributed by atoms with van der Waals surface area (Å²) in [6, 6.07) is 8.34. The van der Waals surface area contributed by atoms with Crippen molar-refractivity contribution < 1.29 is 36.6 Å². The summed E-state index contributed by atoms with van der Waals surface area (Å²) in [4.78, 5) is 21.8. The maximum Gasteiger partial charge on any atom is 0.303 e. The van der Waals surface area contributed by atoms with Gasteiger partial charge in [0.25, 0.3) is 0 Å². The molecule has 0 unspecified atom stereocenters. The maximum absolute atomic E-state index is 13.0. The first-order valence-corrected chi connectivity index (χ1v) is 11.2. The smallest absolute Gasteiger partial charge is 0.303 e. The molecule has 2 rings (SSSR count). The molecule has 1 aromatic rings. The zero-order chi connectivity index (χ0) is 19.6. The van der Waals surface area contributed by atoms with Gasteiger partial charge in [0.15, 0.2) is 23.8 Å². The highest BCUT2D eigenvalue weighted by Gasteiger charge is 2.58. The molecule has 0 aromatic heterocycles. The van der Waals surface area contributed by atoms with Crippen LogP contribution in [0.3, 0.4) is 0 Å². The summed E-state index contributed by atoms with van der Waals surface area (Å²) in [7, 11) is -8.59. The van der Waals surface area contributed by atoms with Crippen LogP contribution in [-0.4, -0.2) is 54.6 Å². The van der Waals surface area contributed by atoms with Crippen molar-refractivity contribution in [3.05, 3.63) is 35.9 Å². The number of hydrogen-bond donors (Lipinski definition) is 2. The summed E-state index contributed by atoms with van der Waals surface area (Å²) in [5.74, 6) is -4.37. The van der Waals surface area contributed by atoms with Crippen LogP contribution in [0.5, 0.6) is 0 Å². The number of carboxylic acids is 2. The monoisotopic (exact) mass is 404 g/mol. The Morgan fingerprint density at radius 1 is 0.885 bits per heavy atom. The van der Waals surface area contributed by atoms with E-state index in [-0.39, 0.29) is 0 Å². The summed E-state index contributed by atoms with van der Waals surface area (Å²) in [5, 5.41) is 17.8. The summed E-state index contributed by atoms with van der Waals surface area (Å²) >= 11 is 0. The molecule has 1 aliphatic heterocycles. The Hall–Kier alpha value is -1.94. The van der Waals surface area contributed by atoms with Crippen molar-refractivity contribution in [1.82, 2.24) is 0 Å². The van der Waals surface area contributed by atoms with Crippen LogP contribution in [0.25, 0.3) is 0 Å². The van der Waals surface area contributed by atoms with Gasteiger partial charge in [-0.25, -0.2) is 16.8 Å². The molecule has 0 spiro atoms. The van der Waals surface area contributed by atoms with Gasteiger partial charge in [-0.2, -0.15) is 0 Å². The Balaban J connectivity index is 2.50. The second kappa shape index (κ2) is 7.36. The van der Waals surface area contributed by atoms with Crippen LogP contribution in [0.15, 0.2) is 30.3 Å². The first-order valence-electron chi connectivity index (χ1n) is 7.94. The molecule has 8 nitrogen and oxygen atoms in total. The number of carboxylic acid groups (broad SMARTS) is 2. The van der Waals surface area contributed by atoms with E-state index in [1.54, 1.807) is 30.3 Å². The van der Waals surface area contributed by atoms with Crippen LogP contribution in [0.2, 0.25) is 0 Å². The van der Waals surface area contributed by atoms with Crippen molar-refractivity contribution in [2.75, 3.05) is 11.5 Å². The predicted molar refractivity (Wildman–Crippen MR) is 93.2 cm³/mol. The average Bonchev–Trinajstić information content (AvgIpc) is 2.53. The predicted octanol–water partition coefficient (Wildman–Crippen LogP) is 1.04. The Morgan fingerprint density at radius 3 is 1.69 bits per heavy atom. The second-order valence-corrected chi connectivity index (χ2v) is 11.3. The fraction of sp³-hybridized carbons (Fsp3) is 0.500. The van der Waals surface area contributed by atoms with E-state index in [1.165, 1.54) is 0 Å². The van der Waals surface area contributed by atoms with Gasteiger partial charge in [-0.15, -0.1) is 0 Å². The van der Waals surface area contributed by atoms with E-state index in [1.807, 2.05) is 0 Å². The quantitative estimate of drug-likeness (QED) is 0.686. The number of hydrogen-bond acceptors (Lipinski definition) is 6. The lowest BCUT2D eigenvalue weighted by Gasteiger charge is -2.39. The average molecular weight is 404 g/mol. The normalized spacial score (nSPS) is 21.1. The maximum atomic E-state index is 13.0. The van der Waals surface area contributed by atoms with E-state index in [9.17, 15) is 26.4 Å². The molecule has 1 saturated heterocycles. The topological polar surface area (TPSA) is 143 Å². The van der Waals surface area contributed by atoms with E-state index in [0.717, 1.165) is 0 Å².